The Labute approximate surface area is 149 Å². The summed E-state index contributed by atoms with van der Waals surface area (Å²) < 4.78 is 1.07. The fourth-order valence-electron chi connectivity index (χ4n) is 2.91. The molecule has 5 heteroatoms. The SMILES string of the molecule is O=C(Cc1cccc(C(=O)O)c1)NCC1(c2ccccc2Br)CC1. The molecular formula is C19H18BrNO3. The van der Waals surface area contributed by atoms with E-state index in [4.69, 9.17) is 5.11 Å². The van der Waals surface area contributed by atoms with Crippen molar-refractivity contribution in [3.05, 3.63) is 69.7 Å². The predicted octanol–water partition coefficient (Wildman–Crippen LogP) is 3.54. The number of carbonyl (C=O) groups excluding carboxylic acids is 1. The van der Waals surface area contributed by atoms with E-state index in [-0.39, 0.29) is 23.3 Å². The van der Waals surface area contributed by atoms with Gasteiger partial charge in [0.15, 0.2) is 0 Å². The summed E-state index contributed by atoms with van der Waals surface area (Å²) in [7, 11) is 0. The minimum Gasteiger partial charge on any atom is -0.478 e. The summed E-state index contributed by atoms with van der Waals surface area (Å²) in [6.07, 6.45) is 2.31. The Hall–Kier alpha value is -2.14. The number of carboxylic acids is 1. The average Bonchev–Trinajstić information content (AvgIpc) is 3.35. The van der Waals surface area contributed by atoms with Crippen LogP contribution in [0.15, 0.2) is 53.0 Å². The number of halogens is 1. The fourth-order valence-corrected chi connectivity index (χ4v) is 3.62. The lowest BCUT2D eigenvalue weighted by Gasteiger charge is -2.18. The maximum absolute atomic E-state index is 12.2. The molecule has 124 valence electrons. The fraction of sp³-hybridized carbons (Fsp3) is 0.263. The molecule has 0 aliphatic heterocycles. The smallest absolute Gasteiger partial charge is 0.335 e. The van der Waals surface area contributed by atoms with Crippen LogP contribution in [0, 0.1) is 0 Å². The lowest BCUT2D eigenvalue weighted by molar-refractivity contribution is -0.120. The zero-order valence-electron chi connectivity index (χ0n) is 13.1. The van der Waals surface area contributed by atoms with Crippen LogP contribution < -0.4 is 5.32 Å². The van der Waals surface area contributed by atoms with E-state index in [9.17, 15) is 9.59 Å². The van der Waals surface area contributed by atoms with Gasteiger partial charge in [-0.25, -0.2) is 4.79 Å². The van der Waals surface area contributed by atoms with Crippen LogP contribution in [0.4, 0.5) is 0 Å². The van der Waals surface area contributed by atoms with E-state index in [1.165, 1.54) is 11.6 Å². The molecule has 2 aromatic carbocycles. The third-order valence-corrected chi connectivity index (χ3v) is 5.15. The van der Waals surface area contributed by atoms with Gasteiger partial charge in [-0.3, -0.25) is 4.79 Å². The largest absolute Gasteiger partial charge is 0.478 e. The molecule has 1 fully saturated rings. The van der Waals surface area contributed by atoms with Crippen LogP contribution in [0.2, 0.25) is 0 Å². The molecule has 0 aromatic heterocycles. The molecule has 1 aliphatic carbocycles. The van der Waals surface area contributed by atoms with E-state index in [1.54, 1.807) is 18.2 Å². The maximum atomic E-state index is 12.2. The second kappa shape index (κ2) is 6.77. The highest BCUT2D eigenvalue weighted by molar-refractivity contribution is 9.10. The second-order valence-electron chi connectivity index (χ2n) is 6.22. The normalized spacial score (nSPS) is 14.9. The Balaban J connectivity index is 1.61. The third kappa shape index (κ3) is 3.67. The van der Waals surface area contributed by atoms with Crippen LogP contribution in [0.5, 0.6) is 0 Å². The minimum absolute atomic E-state index is 0.0265. The van der Waals surface area contributed by atoms with E-state index in [0.717, 1.165) is 17.3 Å². The van der Waals surface area contributed by atoms with E-state index in [2.05, 4.69) is 27.3 Å². The van der Waals surface area contributed by atoms with Crippen LogP contribution in [0.25, 0.3) is 0 Å². The van der Waals surface area contributed by atoms with Gasteiger partial charge in [0.25, 0.3) is 0 Å². The quantitative estimate of drug-likeness (QED) is 0.796. The van der Waals surface area contributed by atoms with Crippen molar-refractivity contribution in [3.63, 3.8) is 0 Å². The number of carboxylic acid groups (broad SMARTS) is 1. The molecule has 0 spiro atoms. The molecule has 2 aromatic rings. The van der Waals surface area contributed by atoms with Crippen molar-refractivity contribution in [2.45, 2.75) is 24.7 Å². The van der Waals surface area contributed by atoms with Crippen molar-refractivity contribution in [3.8, 4) is 0 Å². The van der Waals surface area contributed by atoms with Crippen molar-refractivity contribution in [2.24, 2.45) is 0 Å². The number of nitrogens with one attached hydrogen (secondary N) is 1. The topological polar surface area (TPSA) is 66.4 Å². The molecule has 0 atom stereocenters. The Morgan fingerprint density at radius 2 is 1.88 bits per heavy atom. The molecular weight excluding hydrogens is 370 g/mol. The molecule has 0 heterocycles. The average molecular weight is 388 g/mol. The zero-order chi connectivity index (χ0) is 17.2. The number of amides is 1. The molecule has 24 heavy (non-hydrogen) atoms. The van der Waals surface area contributed by atoms with E-state index in [0.29, 0.717) is 12.1 Å². The van der Waals surface area contributed by atoms with Crippen molar-refractivity contribution in [1.29, 1.82) is 0 Å². The van der Waals surface area contributed by atoms with Gasteiger partial charge in [-0.05, 0) is 42.2 Å². The summed E-state index contributed by atoms with van der Waals surface area (Å²) in [5.74, 6) is -1.07. The molecule has 0 bridgehead atoms. The van der Waals surface area contributed by atoms with Gasteiger partial charge in [0.05, 0.1) is 12.0 Å². The number of carbonyl (C=O) groups is 2. The highest BCUT2D eigenvalue weighted by Gasteiger charge is 2.45. The summed E-state index contributed by atoms with van der Waals surface area (Å²) in [6, 6.07) is 14.6. The highest BCUT2D eigenvalue weighted by Crippen LogP contribution is 2.49. The first-order chi connectivity index (χ1) is 11.5. The van der Waals surface area contributed by atoms with Crippen LogP contribution in [-0.4, -0.2) is 23.5 Å². The summed E-state index contributed by atoms with van der Waals surface area (Å²) in [5.41, 5.74) is 2.17. The van der Waals surface area contributed by atoms with Crippen LogP contribution in [0.1, 0.15) is 34.3 Å². The van der Waals surface area contributed by atoms with Gasteiger partial charge in [-0.2, -0.15) is 0 Å². The maximum Gasteiger partial charge on any atom is 0.335 e. The molecule has 4 nitrogen and oxygen atoms in total. The lowest BCUT2D eigenvalue weighted by atomic mass is 9.96. The van der Waals surface area contributed by atoms with Crippen LogP contribution >= 0.6 is 15.9 Å². The molecule has 0 unspecified atom stereocenters. The number of benzene rings is 2. The van der Waals surface area contributed by atoms with Gasteiger partial charge in [0.1, 0.15) is 0 Å². The van der Waals surface area contributed by atoms with E-state index >= 15 is 0 Å². The van der Waals surface area contributed by atoms with Gasteiger partial charge in [-0.1, -0.05) is 46.3 Å². The van der Waals surface area contributed by atoms with Gasteiger partial charge in [0, 0.05) is 16.4 Å². The number of rotatable bonds is 6. The first-order valence-electron chi connectivity index (χ1n) is 7.84. The predicted molar refractivity (Wildman–Crippen MR) is 95.2 cm³/mol. The Kier molecular flexibility index (Phi) is 4.71. The van der Waals surface area contributed by atoms with Gasteiger partial charge < -0.3 is 10.4 Å². The first-order valence-corrected chi connectivity index (χ1v) is 8.63. The summed E-state index contributed by atoms with van der Waals surface area (Å²) in [4.78, 5) is 23.2. The number of hydrogen-bond donors (Lipinski definition) is 2. The van der Waals surface area contributed by atoms with Crippen molar-refractivity contribution < 1.29 is 14.7 Å². The lowest BCUT2D eigenvalue weighted by Crippen LogP contribution is -2.33. The van der Waals surface area contributed by atoms with Gasteiger partial charge >= 0.3 is 5.97 Å². The standard InChI is InChI=1S/C19H18BrNO3/c20-16-7-2-1-6-15(16)19(8-9-19)12-21-17(22)11-13-4-3-5-14(10-13)18(23)24/h1-7,10H,8-9,11-12H2,(H,21,22)(H,23,24). The molecule has 1 aliphatic rings. The van der Waals surface area contributed by atoms with Gasteiger partial charge in [-0.15, -0.1) is 0 Å². The molecule has 0 saturated heterocycles. The Bertz CT molecular complexity index is 784. The zero-order valence-corrected chi connectivity index (χ0v) is 14.7. The second-order valence-corrected chi connectivity index (χ2v) is 7.07. The Morgan fingerprint density at radius 3 is 2.54 bits per heavy atom. The molecule has 0 radical (unpaired) electrons. The molecule has 3 rings (SSSR count). The highest BCUT2D eigenvalue weighted by atomic mass is 79.9. The minimum atomic E-state index is -0.983. The van der Waals surface area contributed by atoms with E-state index < -0.39 is 5.97 Å². The third-order valence-electron chi connectivity index (χ3n) is 4.46. The van der Waals surface area contributed by atoms with Crippen molar-refractivity contribution in [2.75, 3.05) is 6.54 Å². The number of aromatic carboxylic acids is 1. The van der Waals surface area contributed by atoms with Crippen LogP contribution in [-0.2, 0) is 16.6 Å². The summed E-state index contributed by atoms with van der Waals surface area (Å²) in [5, 5.41) is 12.0. The van der Waals surface area contributed by atoms with Crippen molar-refractivity contribution in [1.82, 2.24) is 5.32 Å². The first kappa shape index (κ1) is 16.7. The number of hydrogen-bond acceptors (Lipinski definition) is 2. The Morgan fingerprint density at radius 1 is 1.12 bits per heavy atom. The monoisotopic (exact) mass is 387 g/mol. The van der Waals surface area contributed by atoms with Crippen molar-refractivity contribution >= 4 is 27.8 Å². The summed E-state index contributed by atoms with van der Waals surface area (Å²) >= 11 is 3.59. The molecule has 2 N–H and O–H groups in total. The molecule has 1 amide bonds. The summed E-state index contributed by atoms with van der Waals surface area (Å²) in [6.45, 7) is 0.604. The van der Waals surface area contributed by atoms with Gasteiger partial charge in [0.2, 0.25) is 5.91 Å². The van der Waals surface area contributed by atoms with E-state index in [1.807, 2.05) is 18.2 Å². The van der Waals surface area contributed by atoms with Crippen LogP contribution in [0.3, 0.4) is 0 Å². The molecule has 1 saturated carbocycles.